The Morgan fingerprint density at radius 1 is 0.900 bits per heavy atom. The van der Waals surface area contributed by atoms with Gasteiger partial charge in [-0.2, -0.15) is 13.2 Å². The van der Waals surface area contributed by atoms with Gasteiger partial charge in [0.05, 0.1) is 0 Å². The molecule has 1 atom stereocenters. The van der Waals surface area contributed by atoms with Crippen LogP contribution in [0.1, 0.15) is 11.6 Å². The first-order valence-corrected chi connectivity index (χ1v) is 8.81. The van der Waals surface area contributed by atoms with Gasteiger partial charge in [-0.1, -0.05) is 60.7 Å². The van der Waals surface area contributed by atoms with Crippen LogP contribution in [0.15, 0.2) is 72.8 Å². The summed E-state index contributed by atoms with van der Waals surface area (Å²) in [5.41, 5.74) is 0.920. The number of esters is 1. The number of halogens is 3. The first kappa shape index (κ1) is 22.9. The summed E-state index contributed by atoms with van der Waals surface area (Å²) in [7, 11) is 3.75. The van der Waals surface area contributed by atoms with Crippen LogP contribution in [0.5, 0.6) is 5.75 Å². The van der Waals surface area contributed by atoms with E-state index in [1.54, 1.807) is 0 Å². The lowest BCUT2D eigenvalue weighted by Crippen LogP contribution is -2.31. The molecule has 30 heavy (non-hydrogen) atoms. The monoisotopic (exact) mass is 419 g/mol. The third kappa shape index (κ3) is 6.31. The maximum atomic E-state index is 12.6. The number of ether oxygens (including phenoxy) is 1. The number of rotatable bonds is 4. The summed E-state index contributed by atoms with van der Waals surface area (Å²) in [5.74, 6) is -2.47. The Kier molecular flexibility index (Phi) is 7.54. The molecular weight excluding hydrogens is 399 g/mol. The Bertz CT molecular complexity index is 1000. The second kappa shape index (κ2) is 9.89. The standard InChI is InChI=1S/C20H19NO2.C2HF3O2/c1-21(2)19(16-9-4-3-5-10-16)20(22)23-18-13-12-15-8-6-7-11-17(15)14-18;3-2(4,5)1(6)7/h3-14,19H,1-2H3;(H,6,7). The second-order valence-corrected chi connectivity index (χ2v) is 6.51. The van der Waals surface area contributed by atoms with Gasteiger partial charge in [0.25, 0.3) is 0 Å². The SMILES string of the molecule is CN(C)C(C(=O)Oc1ccc2ccccc2c1)c1ccccc1.O=C(O)C(F)(F)F. The van der Waals surface area contributed by atoms with Crippen molar-refractivity contribution in [1.29, 1.82) is 0 Å². The van der Waals surface area contributed by atoms with Crippen LogP contribution >= 0.6 is 0 Å². The van der Waals surface area contributed by atoms with Crippen molar-refractivity contribution in [2.45, 2.75) is 12.2 Å². The van der Waals surface area contributed by atoms with Crippen LogP contribution < -0.4 is 4.74 Å². The third-order valence-corrected chi connectivity index (χ3v) is 4.04. The normalized spacial score (nSPS) is 12.1. The van der Waals surface area contributed by atoms with Gasteiger partial charge < -0.3 is 9.84 Å². The minimum absolute atomic E-state index is 0.281. The number of hydrogen-bond donors (Lipinski definition) is 1. The van der Waals surface area contributed by atoms with Crippen molar-refractivity contribution in [2.75, 3.05) is 14.1 Å². The van der Waals surface area contributed by atoms with E-state index in [9.17, 15) is 18.0 Å². The minimum Gasteiger partial charge on any atom is -0.475 e. The lowest BCUT2D eigenvalue weighted by atomic mass is 10.1. The third-order valence-electron chi connectivity index (χ3n) is 4.04. The van der Waals surface area contributed by atoms with Gasteiger partial charge in [-0.3, -0.25) is 4.90 Å². The molecule has 3 rings (SSSR count). The summed E-state index contributed by atoms with van der Waals surface area (Å²) in [6, 6.07) is 22.9. The smallest absolute Gasteiger partial charge is 0.475 e. The van der Waals surface area contributed by atoms with E-state index in [2.05, 4.69) is 0 Å². The Morgan fingerprint density at radius 2 is 1.43 bits per heavy atom. The number of hydrogen-bond acceptors (Lipinski definition) is 4. The zero-order valence-corrected chi connectivity index (χ0v) is 16.3. The molecule has 0 amide bonds. The fraction of sp³-hybridized carbons (Fsp3) is 0.182. The first-order chi connectivity index (χ1) is 14.1. The molecule has 0 aliphatic carbocycles. The van der Waals surface area contributed by atoms with Crippen molar-refractivity contribution in [3.8, 4) is 5.75 Å². The zero-order valence-electron chi connectivity index (χ0n) is 16.3. The van der Waals surface area contributed by atoms with Gasteiger partial charge in [0.15, 0.2) is 0 Å². The molecule has 5 nitrogen and oxygen atoms in total. The highest BCUT2D eigenvalue weighted by atomic mass is 19.4. The number of benzene rings is 3. The van der Waals surface area contributed by atoms with Crippen molar-refractivity contribution >= 4 is 22.7 Å². The van der Waals surface area contributed by atoms with Crippen molar-refractivity contribution in [2.24, 2.45) is 0 Å². The van der Waals surface area contributed by atoms with Crippen molar-refractivity contribution in [3.05, 3.63) is 78.4 Å². The van der Waals surface area contributed by atoms with Crippen LogP contribution in [-0.4, -0.2) is 42.2 Å². The van der Waals surface area contributed by atoms with E-state index in [1.165, 1.54) is 0 Å². The molecule has 0 bridgehead atoms. The first-order valence-electron chi connectivity index (χ1n) is 8.81. The number of aliphatic carboxylic acids is 1. The van der Waals surface area contributed by atoms with Crippen molar-refractivity contribution in [1.82, 2.24) is 4.90 Å². The van der Waals surface area contributed by atoms with Gasteiger partial charge in [0, 0.05) is 0 Å². The molecule has 0 spiro atoms. The summed E-state index contributed by atoms with van der Waals surface area (Å²) in [6.45, 7) is 0. The van der Waals surface area contributed by atoms with Gasteiger partial charge in [-0.25, -0.2) is 9.59 Å². The average molecular weight is 419 g/mol. The number of likely N-dealkylation sites (N-methyl/N-ethyl adjacent to an activating group) is 1. The molecule has 3 aromatic rings. The largest absolute Gasteiger partial charge is 0.490 e. The number of carbonyl (C=O) groups is 2. The fourth-order valence-electron chi connectivity index (χ4n) is 2.68. The highest BCUT2D eigenvalue weighted by Crippen LogP contribution is 2.24. The molecule has 0 radical (unpaired) electrons. The number of carboxylic acids is 1. The quantitative estimate of drug-likeness (QED) is 0.491. The summed E-state index contributed by atoms with van der Waals surface area (Å²) in [5, 5.41) is 9.30. The number of alkyl halides is 3. The van der Waals surface area contributed by atoms with E-state index in [1.807, 2.05) is 91.8 Å². The van der Waals surface area contributed by atoms with Crippen molar-refractivity contribution < 1.29 is 32.6 Å². The van der Waals surface area contributed by atoms with Crippen LogP contribution in [0.4, 0.5) is 13.2 Å². The van der Waals surface area contributed by atoms with E-state index in [4.69, 9.17) is 14.6 Å². The fourth-order valence-corrected chi connectivity index (χ4v) is 2.68. The maximum absolute atomic E-state index is 12.6. The van der Waals surface area contributed by atoms with Gasteiger partial charge in [-0.15, -0.1) is 0 Å². The molecule has 0 aromatic heterocycles. The molecule has 158 valence electrons. The topological polar surface area (TPSA) is 66.8 Å². The molecule has 8 heteroatoms. The molecule has 0 fully saturated rings. The molecule has 1 N–H and O–H groups in total. The molecule has 0 saturated heterocycles. The predicted octanol–water partition coefficient (Wildman–Crippen LogP) is 4.68. The minimum atomic E-state index is -5.08. The number of carbonyl (C=O) groups excluding carboxylic acids is 1. The molecule has 0 saturated carbocycles. The number of nitrogens with zero attached hydrogens (tertiary/aromatic N) is 1. The molecule has 0 aliphatic rings. The number of fused-ring (bicyclic) bond motifs is 1. The van der Waals surface area contributed by atoms with Crippen LogP contribution in [0.25, 0.3) is 10.8 Å². The van der Waals surface area contributed by atoms with E-state index >= 15 is 0 Å². The highest BCUT2D eigenvalue weighted by molar-refractivity contribution is 5.85. The molecule has 0 aliphatic heterocycles. The van der Waals surface area contributed by atoms with Gasteiger partial charge in [0.1, 0.15) is 11.8 Å². The zero-order chi connectivity index (χ0) is 22.3. The van der Waals surface area contributed by atoms with Crippen LogP contribution in [0, 0.1) is 0 Å². The Labute approximate surface area is 171 Å². The highest BCUT2D eigenvalue weighted by Gasteiger charge is 2.38. The Hall–Kier alpha value is -3.39. The summed E-state index contributed by atoms with van der Waals surface area (Å²) in [4.78, 5) is 23.4. The van der Waals surface area contributed by atoms with E-state index in [-0.39, 0.29) is 5.97 Å². The van der Waals surface area contributed by atoms with Crippen LogP contribution in [0.3, 0.4) is 0 Å². The Morgan fingerprint density at radius 3 is 1.97 bits per heavy atom. The lowest BCUT2D eigenvalue weighted by Gasteiger charge is -2.22. The average Bonchev–Trinajstić information content (AvgIpc) is 2.68. The predicted molar refractivity (Wildman–Crippen MR) is 106 cm³/mol. The molecule has 1 unspecified atom stereocenters. The van der Waals surface area contributed by atoms with Gasteiger partial charge in [-0.05, 0) is 42.6 Å². The number of carboxylic acid groups (broad SMARTS) is 1. The molecular formula is C22H20F3NO4. The summed E-state index contributed by atoms with van der Waals surface area (Å²) in [6.07, 6.45) is -5.08. The van der Waals surface area contributed by atoms with Crippen molar-refractivity contribution in [3.63, 3.8) is 0 Å². The van der Waals surface area contributed by atoms with E-state index < -0.39 is 18.2 Å². The summed E-state index contributed by atoms with van der Waals surface area (Å²) >= 11 is 0. The molecule has 3 aromatic carbocycles. The van der Waals surface area contributed by atoms with Gasteiger partial charge in [0.2, 0.25) is 0 Å². The van der Waals surface area contributed by atoms with Crippen LogP contribution in [-0.2, 0) is 9.59 Å². The van der Waals surface area contributed by atoms with E-state index in [0.717, 1.165) is 16.3 Å². The Balaban J connectivity index is 0.000000396. The molecule has 0 heterocycles. The maximum Gasteiger partial charge on any atom is 0.490 e. The lowest BCUT2D eigenvalue weighted by molar-refractivity contribution is -0.192. The van der Waals surface area contributed by atoms with E-state index in [0.29, 0.717) is 5.75 Å². The van der Waals surface area contributed by atoms with Crippen LogP contribution in [0.2, 0.25) is 0 Å². The summed E-state index contributed by atoms with van der Waals surface area (Å²) < 4.78 is 37.4. The second-order valence-electron chi connectivity index (χ2n) is 6.51. The van der Waals surface area contributed by atoms with Gasteiger partial charge >= 0.3 is 18.1 Å².